The highest BCUT2D eigenvalue weighted by Crippen LogP contribution is 2.27. The molecule has 0 saturated carbocycles. The molecule has 2 heterocycles. The number of hydrogen-bond donors (Lipinski definition) is 1. The molecular formula is C22H21N5. The van der Waals surface area contributed by atoms with Crippen molar-refractivity contribution >= 4 is 16.7 Å². The zero-order valence-electron chi connectivity index (χ0n) is 15.1. The minimum atomic E-state index is 0.646. The van der Waals surface area contributed by atoms with Crippen LogP contribution >= 0.6 is 0 Å². The summed E-state index contributed by atoms with van der Waals surface area (Å²) < 4.78 is 1.85. The van der Waals surface area contributed by atoms with E-state index in [0.29, 0.717) is 5.95 Å². The smallest absolute Gasteiger partial charge is 0.253 e. The van der Waals surface area contributed by atoms with Crippen molar-refractivity contribution in [1.82, 2.24) is 19.7 Å². The molecule has 0 atom stereocenters. The lowest BCUT2D eigenvalue weighted by molar-refractivity contribution is 0.655. The molecule has 27 heavy (non-hydrogen) atoms. The number of rotatable bonds is 4. The van der Waals surface area contributed by atoms with E-state index in [-0.39, 0.29) is 0 Å². The molecule has 1 aliphatic carbocycles. The van der Waals surface area contributed by atoms with E-state index >= 15 is 0 Å². The second kappa shape index (κ2) is 6.83. The zero-order valence-corrected chi connectivity index (χ0v) is 15.1. The van der Waals surface area contributed by atoms with E-state index < -0.39 is 0 Å². The van der Waals surface area contributed by atoms with E-state index in [0.717, 1.165) is 41.8 Å². The molecule has 1 N–H and O–H groups in total. The van der Waals surface area contributed by atoms with E-state index in [4.69, 9.17) is 9.97 Å². The van der Waals surface area contributed by atoms with Gasteiger partial charge in [-0.2, -0.15) is 14.8 Å². The van der Waals surface area contributed by atoms with Gasteiger partial charge in [0.15, 0.2) is 0 Å². The number of fused-ring (bicyclic) bond motifs is 2. The third-order valence-electron chi connectivity index (χ3n) is 5.14. The van der Waals surface area contributed by atoms with Crippen molar-refractivity contribution in [2.75, 3.05) is 5.32 Å². The average Bonchev–Trinajstić information content (AvgIpc) is 3.17. The molecule has 5 nitrogen and oxygen atoms in total. The van der Waals surface area contributed by atoms with Crippen molar-refractivity contribution in [3.63, 3.8) is 0 Å². The number of nitrogens with one attached hydrogen (secondary N) is 1. The Balaban J connectivity index is 1.56. The van der Waals surface area contributed by atoms with Crippen molar-refractivity contribution in [1.29, 1.82) is 0 Å². The molecule has 134 valence electrons. The van der Waals surface area contributed by atoms with E-state index in [1.807, 2.05) is 29.1 Å². The number of para-hydroxylation sites is 1. The van der Waals surface area contributed by atoms with Crippen LogP contribution in [0.3, 0.4) is 0 Å². The van der Waals surface area contributed by atoms with Crippen LogP contribution in [0.5, 0.6) is 0 Å². The predicted molar refractivity (Wildman–Crippen MR) is 107 cm³/mol. The summed E-state index contributed by atoms with van der Waals surface area (Å²) in [6.45, 7) is 0.754. The fraction of sp³-hybridized carbons (Fsp3) is 0.227. The van der Waals surface area contributed by atoms with E-state index in [1.165, 1.54) is 24.0 Å². The Kier molecular flexibility index (Phi) is 4.05. The van der Waals surface area contributed by atoms with Gasteiger partial charge in [-0.1, -0.05) is 48.5 Å². The van der Waals surface area contributed by atoms with Crippen LogP contribution in [0.15, 0.2) is 60.8 Å². The van der Waals surface area contributed by atoms with E-state index in [9.17, 15) is 0 Å². The maximum Gasteiger partial charge on any atom is 0.253 e. The summed E-state index contributed by atoms with van der Waals surface area (Å²) in [6.07, 6.45) is 6.29. The molecule has 5 heteroatoms. The molecule has 0 spiro atoms. The van der Waals surface area contributed by atoms with Crippen LogP contribution < -0.4 is 5.32 Å². The Morgan fingerprint density at radius 2 is 1.70 bits per heavy atom. The van der Waals surface area contributed by atoms with Crippen molar-refractivity contribution in [3.8, 4) is 5.95 Å². The van der Waals surface area contributed by atoms with Crippen molar-refractivity contribution in [2.24, 2.45) is 0 Å². The summed E-state index contributed by atoms with van der Waals surface area (Å²) in [5.41, 5.74) is 4.69. The summed E-state index contributed by atoms with van der Waals surface area (Å²) in [5, 5.41) is 9.18. The standard InChI is InChI=1S/C22H21N5/c1-2-8-16(9-3-1)14-23-21-18-11-5-6-12-19(18)25-22(26-21)27-20-13-7-4-10-17(20)15-24-27/h1-4,7-10,13,15H,5-6,11-12,14H2,(H,23,25,26). The Labute approximate surface area is 158 Å². The second-order valence-electron chi connectivity index (χ2n) is 6.96. The molecule has 2 aromatic heterocycles. The van der Waals surface area contributed by atoms with Gasteiger partial charge in [-0.15, -0.1) is 0 Å². The van der Waals surface area contributed by atoms with Gasteiger partial charge in [-0.05, 0) is 37.3 Å². The van der Waals surface area contributed by atoms with E-state index in [2.05, 4.69) is 46.8 Å². The monoisotopic (exact) mass is 355 g/mol. The SMILES string of the molecule is c1ccc(CNc2nc(-n3ncc4ccccc43)nc3c2CCCC3)cc1. The fourth-order valence-electron chi connectivity index (χ4n) is 3.73. The molecule has 0 amide bonds. The maximum atomic E-state index is 4.87. The first kappa shape index (κ1) is 16.0. The Bertz CT molecular complexity index is 1080. The number of benzene rings is 2. The van der Waals surface area contributed by atoms with Gasteiger partial charge < -0.3 is 5.32 Å². The summed E-state index contributed by atoms with van der Waals surface area (Å²) in [4.78, 5) is 9.74. The first-order valence-electron chi connectivity index (χ1n) is 9.49. The van der Waals surface area contributed by atoms with Crippen LogP contribution in [0, 0.1) is 0 Å². The van der Waals surface area contributed by atoms with Crippen LogP contribution in [-0.4, -0.2) is 19.7 Å². The average molecular weight is 355 g/mol. The lowest BCUT2D eigenvalue weighted by Crippen LogP contribution is -2.16. The number of nitrogens with zero attached hydrogens (tertiary/aromatic N) is 4. The predicted octanol–water partition coefficient (Wildman–Crippen LogP) is 4.31. The largest absolute Gasteiger partial charge is 0.366 e. The van der Waals surface area contributed by atoms with Gasteiger partial charge in [0.1, 0.15) is 5.82 Å². The minimum absolute atomic E-state index is 0.646. The number of anilines is 1. The van der Waals surface area contributed by atoms with Gasteiger partial charge in [-0.25, -0.2) is 4.98 Å². The molecule has 2 aromatic carbocycles. The molecule has 0 unspecified atom stereocenters. The van der Waals surface area contributed by atoms with Gasteiger partial charge in [0.2, 0.25) is 0 Å². The van der Waals surface area contributed by atoms with Gasteiger partial charge in [0.25, 0.3) is 5.95 Å². The van der Waals surface area contributed by atoms with Gasteiger partial charge in [0, 0.05) is 17.5 Å². The highest BCUT2D eigenvalue weighted by Gasteiger charge is 2.19. The summed E-state index contributed by atoms with van der Waals surface area (Å²) in [7, 11) is 0. The minimum Gasteiger partial charge on any atom is -0.366 e. The number of aromatic nitrogens is 4. The Hall–Kier alpha value is -3.21. The summed E-state index contributed by atoms with van der Waals surface area (Å²) in [6, 6.07) is 18.6. The highest BCUT2D eigenvalue weighted by atomic mass is 15.4. The summed E-state index contributed by atoms with van der Waals surface area (Å²) in [5.74, 6) is 1.59. The van der Waals surface area contributed by atoms with Crippen LogP contribution in [0.4, 0.5) is 5.82 Å². The molecule has 4 aromatic rings. The molecule has 0 saturated heterocycles. The lowest BCUT2D eigenvalue weighted by Gasteiger charge is -2.20. The lowest BCUT2D eigenvalue weighted by atomic mass is 9.96. The fourth-order valence-corrected chi connectivity index (χ4v) is 3.73. The molecule has 0 radical (unpaired) electrons. The van der Waals surface area contributed by atoms with Crippen molar-refractivity contribution < 1.29 is 0 Å². The van der Waals surface area contributed by atoms with Crippen LogP contribution in [0.2, 0.25) is 0 Å². The Morgan fingerprint density at radius 1 is 0.889 bits per heavy atom. The third kappa shape index (κ3) is 3.05. The number of aryl methyl sites for hydroxylation is 1. The maximum absolute atomic E-state index is 4.87. The first-order chi connectivity index (χ1) is 13.4. The quantitative estimate of drug-likeness (QED) is 0.593. The second-order valence-corrected chi connectivity index (χ2v) is 6.96. The molecule has 0 fully saturated rings. The first-order valence-corrected chi connectivity index (χ1v) is 9.49. The van der Waals surface area contributed by atoms with Crippen LogP contribution in [0.25, 0.3) is 16.9 Å². The normalized spacial score (nSPS) is 13.5. The Morgan fingerprint density at radius 3 is 2.63 bits per heavy atom. The molecule has 0 bridgehead atoms. The molecular weight excluding hydrogens is 334 g/mol. The van der Waals surface area contributed by atoms with Crippen molar-refractivity contribution in [2.45, 2.75) is 32.2 Å². The van der Waals surface area contributed by atoms with Crippen LogP contribution in [0.1, 0.15) is 29.7 Å². The van der Waals surface area contributed by atoms with E-state index in [1.54, 1.807) is 0 Å². The zero-order chi connectivity index (χ0) is 18.1. The van der Waals surface area contributed by atoms with Gasteiger partial charge in [0.05, 0.1) is 17.4 Å². The molecule has 0 aliphatic heterocycles. The van der Waals surface area contributed by atoms with Gasteiger partial charge >= 0.3 is 0 Å². The van der Waals surface area contributed by atoms with Gasteiger partial charge in [-0.3, -0.25) is 0 Å². The van der Waals surface area contributed by atoms with Crippen LogP contribution in [-0.2, 0) is 19.4 Å². The third-order valence-corrected chi connectivity index (χ3v) is 5.14. The summed E-state index contributed by atoms with van der Waals surface area (Å²) >= 11 is 0. The van der Waals surface area contributed by atoms with Crippen molar-refractivity contribution in [3.05, 3.63) is 77.6 Å². The number of hydrogen-bond acceptors (Lipinski definition) is 4. The molecule has 5 rings (SSSR count). The highest BCUT2D eigenvalue weighted by molar-refractivity contribution is 5.79. The topological polar surface area (TPSA) is 55.6 Å². The molecule has 1 aliphatic rings.